The number of amides is 1. The van der Waals surface area contributed by atoms with E-state index in [4.69, 9.17) is 9.47 Å². The number of nitrogens with one attached hydrogen (secondary N) is 1. The molecule has 0 aromatic heterocycles. The van der Waals surface area contributed by atoms with Crippen molar-refractivity contribution in [2.75, 3.05) is 6.79 Å². The van der Waals surface area contributed by atoms with Gasteiger partial charge in [0.2, 0.25) is 6.79 Å². The molecule has 0 atom stereocenters. The number of rotatable bonds is 3. The van der Waals surface area contributed by atoms with Gasteiger partial charge in [-0.15, -0.1) is 0 Å². The SMILES string of the molecule is C/C(=N/NC(=O)c1ccccc1C)c1ccc2c(c1)OCO2. The molecule has 0 fully saturated rings. The molecule has 112 valence electrons. The third kappa shape index (κ3) is 2.79. The summed E-state index contributed by atoms with van der Waals surface area (Å²) in [6, 6.07) is 13.0. The van der Waals surface area contributed by atoms with Gasteiger partial charge < -0.3 is 9.47 Å². The molecule has 3 rings (SSSR count). The largest absolute Gasteiger partial charge is 0.454 e. The Morgan fingerprint density at radius 3 is 2.73 bits per heavy atom. The zero-order chi connectivity index (χ0) is 15.5. The Kier molecular flexibility index (Phi) is 3.78. The minimum absolute atomic E-state index is 0.224. The molecule has 0 saturated heterocycles. The summed E-state index contributed by atoms with van der Waals surface area (Å²) in [4.78, 5) is 12.1. The fourth-order valence-corrected chi connectivity index (χ4v) is 2.21. The van der Waals surface area contributed by atoms with Crippen LogP contribution in [-0.2, 0) is 0 Å². The summed E-state index contributed by atoms with van der Waals surface area (Å²) in [6.45, 7) is 3.96. The Morgan fingerprint density at radius 1 is 1.14 bits per heavy atom. The van der Waals surface area contributed by atoms with E-state index < -0.39 is 0 Å². The first-order valence-corrected chi connectivity index (χ1v) is 6.95. The van der Waals surface area contributed by atoms with E-state index in [1.165, 1.54) is 0 Å². The van der Waals surface area contributed by atoms with Crippen molar-refractivity contribution < 1.29 is 14.3 Å². The Morgan fingerprint density at radius 2 is 1.91 bits per heavy atom. The molecule has 5 nitrogen and oxygen atoms in total. The van der Waals surface area contributed by atoms with Crippen molar-refractivity contribution in [3.63, 3.8) is 0 Å². The minimum atomic E-state index is -0.224. The lowest BCUT2D eigenvalue weighted by Crippen LogP contribution is -2.20. The molecule has 0 radical (unpaired) electrons. The highest BCUT2D eigenvalue weighted by Crippen LogP contribution is 2.32. The molecule has 22 heavy (non-hydrogen) atoms. The van der Waals surface area contributed by atoms with E-state index in [0.717, 1.165) is 16.9 Å². The van der Waals surface area contributed by atoms with Crippen molar-refractivity contribution in [2.24, 2.45) is 5.10 Å². The summed E-state index contributed by atoms with van der Waals surface area (Å²) in [7, 11) is 0. The average Bonchev–Trinajstić information content (AvgIpc) is 3.00. The minimum Gasteiger partial charge on any atom is -0.454 e. The van der Waals surface area contributed by atoms with Gasteiger partial charge in [0.1, 0.15) is 0 Å². The molecule has 0 aliphatic carbocycles. The van der Waals surface area contributed by atoms with Crippen LogP contribution in [0.15, 0.2) is 47.6 Å². The van der Waals surface area contributed by atoms with Crippen LogP contribution < -0.4 is 14.9 Å². The number of carbonyl (C=O) groups is 1. The first kappa shape index (κ1) is 14.1. The summed E-state index contributed by atoms with van der Waals surface area (Å²) < 4.78 is 10.6. The second-order valence-corrected chi connectivity index (χ2v) is 5.02. The van der Waals surface area contributed by atoms with Crippen LogP contribution in [0.5, 0.6) is 11.5 Å². The molecule has 1 amide bonds. The van der Waals surface area contributed by atoms with Gasteiger partial charge in [0.05, 0.1) is 5.71 Å². The van der Waals surface area contributed by atoms with Crippen LogP contribution in [0.4, 0.5) is 0 Å². The number of hydrazone groups is 1. The average molecular weight is 296 g/mol. The van der Waals surface area contributed by atoms with Gasteiger partial charge in [-0.05, 0) is 43.7 Å². The Hall–Kier alpha value is -2.82. The van der Waals surface area contributed by atoms with Crippen molar-refractivity contribution in [1.82, 2.24) is 5.43 Å². The lowest BCUT2D eigenvalue weighted by Gasteiger charge is -2.06. The van der Waals surface area contributed by atoms with E-state index in [1.807, 2.05) is 50.2 Å². The zero-order valence-corrected chi connectivity index (χ0v) is 12.4. The van der Waals surface area contributed by atoms with E-state index in [0.29, 0.717) is 17.0 Å². The maximum absolute atomic E-state index is 12.1. The van der Waals surface area contributed by atoms with Gasteiger partial charge in [0.25, 0.3) is 5.91 Å². The highest BCUT2D eigenvalue weighted by molar-refractivity contribution is 6.01. The third-order valence-electron chi connectivity index (χ3n) is 3.51. The fourth-order valence-electron chi connectivity index (χ4n) is 2.21. The van der Waals surface area contributed by atoms with Crippen molar-refractivity contribution in [2.45, 2.75) is 13.8 Å². The first-order valence-electron chi connectivity index (χ1n) is 6.95. The van der Waals surface area contributed by atoms with Crippen molar-refractivity contribution in [1.29, 1.82) is 0 Å². The van der Waals surface area contributed by atoms with Crippen LogP contribution in [0, 0.1) is 6.92 Å². The number of nitrogens with zero attached hydrogens (tertiary/aromatic N) is 1. The topological polar surface area (TPSA) is 59.9 Å². The second-order valence-electron chi connectivity index (χ2n) is 5.02. The van der Waals surface area contributed by atoms with Gasteiger partial charge in [-0.1, -0.05) is 18.2 Å². The summed E-state index contributed by atoms with van der Waals surface area (Å²) >= 11 is 0. The van der Waals surface area contributed by atoms with Crippen LogP contribution >= 0.6 is 0 Å². The predicted molar refractivity (Wildman–Crippen MR) is 83.4 cm³/mol. The molecule has 0 spiro atoms. The molecule has 0 bridgehead atoms. The van der Waals surface area contributed by atoms with E-state index >= 15 is 0 Å². The van der Waals surface area contributed by atoms with Crippen molar-refractivity contribution >= 4 is 11.6 Å². The predicted octanol–water partition coefficient (Wildman–Crippen LogP) is 2.88. The van der Waals surface area contributed by atoms with Crippen LogP contribution in [-0.4, -0.2) is 18.4 Å². The number of aryl methyl sites for hydroxylation is 1. The maximum atomic E-state index is 12.1. The summed E-state index contributed by atoms with van der Waals surface area (Å²) in [5.74, 6) is 1.19. The second kappa shape index (κ2) is 5.89. The van der Waals surface area contributed by atoms with Crippen LogP contribution in [0.3, 0.4) is 0 Å². The quantitative estimate of drug-likeness (QED) is 0.700. The highest BCUT2D eigenvalue weighted by atomic mass is 16.7. The smallest absolute Gasteiger partial charge is 0.271 e. The molecule has 2 aromatic carbocycles. The molecule has 1 heterocycles. The fraction of sp³-hybridized carbons (Fsp3) is 0.176. The molecule has 5 heteroatoms. The van der Waals surface area contributed by atoms with Crippen LogP contribution in [0.25, 0.3) is 0 Å². The van der Waals surface area contributed by atoms with Gasteiger partial charge in [-0.2, -0.15) is 5.10 Å². The lowest BCUT2D eigenvalue weighted by molar-refractivity contribution is 0.0954. The summed E-state index contributed by atoms with van der Waals surface area (Å²) in [5, 5.41) is 4.16. The maximum Gasteiger partial charge on any atom is 0.271 e. The Balaban J connectivity index is 1.75. The number of carbonyl (C=O) groups excluding carboxylic acids is 1. The summed E-state index contributed by atoms with van der Waals surface area (Å²) in [5.41, 5.74) is 5.68. The zero-order valence-electron chi connectivity index (χ0n) is 12.4. The van der Waals surface area contributed by atoms with E-state index in [1.54, 1.807) is 6.07 Å². The molecule has 1 aliphatic rings. The molecular weight excluding hydrogens is 280 g/mol. The molecule has 0 saturated carbocycles. The van der Waals surface area contributed by atoms with Gasteiger partial charge in [-0.3, -0.25) is 4.79 Å². The number of benzene rings is 2. The molecular formula is C17H16N2O3. The van der Waals surface area contributed by atoms with Gasteiger partial charge in [-0.25, -0.2) is 5.43 Å². The number of hydrogen-bond acceptors (Lipinski definition) is 4. The van der Waals surface area contributed by atoms with E-state index in [9.17, 15) is 4.79 Å². The number of hydrogen-bond donors (Lipinski definition) is 1. The molecule has 1 N–H and O–H groups in total. The Bertz CT molecular complexity index is 753. The standard InChI is InChI=1S/C17H16N2O3/c1-11-5-3-4-6-14(11)17(20)19-18-12(2)13-7-8-15-16(9-13)22-10-21-15/h3-9H,10H2,1-2H3,(H,19,20)/b18-12-. The van der Waals surface area contributed by atoms with Gasteiger partial charge in [0.15, 0.2) is 11.5 Å². The first-order chi connectivity index (χ1) is 10.6. The van der Waals surface area contributed by atoms with E-state index in [-0.39, 0.29) is 12.7 Å². The van der Waals surface area contributed by atoms with Crippen LogP contribution in [0.2, 0.25) is 0 Å². The van der Waals surface area contributed by atoms with Gasteiger partial charge in [0, 0.05) is 11.1 Å². The Labute approximate surface area is 128 Å². The monoisotopic (exact) mass is 296 g/mol. The van der Waals surface area contributed by atoms with Crippen LogP contribution in [0.1, 0.15) is 28.4 Å². The van der Waals surface area contributed by atoms with Crippen molar-refractivity contribution in [3.8, 4) is 11.5 Å². The lowest BCUT2D eigenvalue weighted by atomic mass is 10.1. The highest BCUT2D eigenvalue weighted by Gasteiger charge is 2.14. The molecule has 1 aliphatic heterocycles. The van der Waals surface area contributed by atoms with E-state index in [2.05, 4.69) is 10.5 Å². The summed E-state index contributed by atoms with van der Waals surface area (Å²) in [6.07, 6.45) is 0. The number of fused-ring (bicyclic) bond motifs is 1. The normalized spacial score (nSPS) is 13.1. The van der Waals surface area contributed by atoms with Crippen molar-refractivity contribution in [3.05, 3.63) is 59.2 Å². The number of ether oxygens (including phenoxy) is 2. The third-order valence-corrected chi connectivity index (χ3v) is 3.51. The molecule has 0 unspecified atom stereocenters. The van der Waals surface area contributed by atoms with Gasteiger partial charge >= 0.3 is 0 Å². The molecule has 2 aromatic rings.